The summed E-state index contributed by atoms with van der Waals surface area (Å²) in [7, 11) is -4.35. The number of anilines is 3. The molecule has 17 heteroatoms. The predicted octanol–water partition coefficient (Wildman–Crippen LogP) is 6.00. The molecule has 0 saturated carbocycles. The summed E-state index contributed by atoms with van der Waals surface area (Å²) in [5, 5.41) is 2.79. The second kappa shape index (κ2) is 17.2. The molecule has 0 aliphatic carbocycles. The number of benzene rings is 3. The number of hydrogen-bond donors (Lipinski definition) is 3. The highest BCUT2D eigenvalue weighted by atomic mass is 32.2. The first kappa shape index (κ1) is 41.6. The number of halogens is 3. The van der Waals surface area contributed by atoms with Crippen LogP contribution >= 0.6 is 0 Å². The molecule has 2 atom stereocenters. The van der Waals surface area contributed by atoms with Gasteiger partial charge in [0.2, 0.25) is 17.6 Å². The number of rotatable bonds is 11. The third-order valence-electron chi connectivity index (χ3n) is 12.7. The van der Waals surface area contributed by atoms with Crippen molar-refractivity contribution in [3.05, 3.63) is 107 Å². The number of nitrogens with one attached hydrogen (secondary N) is 3. The largest absolute Gasteiger partial charge is 0.372 e. The minimum absolute atomic E-state index is 0.00876. The summed E-state index contributed by atoms with van der Waals surface area (Å²) in [5.41, 5.74) is 3.49. The molecule has 5 aromatic rings. The number of ketones is 1. The zero-order valence-electron chi connectivity index (χ0n) is 34.0. The number of carbonyl (C=O) groups excluding carboxylic acids is 3. The van der Waals surface area contributed by atoms with E-state index in [1.807, 2.05) is 29.0 Å². The Morgan fingerprint density at radius 1 is 0.823 bits per heavy atom. The maximum Gasteiger partial charge on any atom is 0.301 e. The van der Waals surface area contributed by atoms with Crippen LogP contribution in [0.5, 0.6) is 0 Å². The second-order valence-corrected chi connectivity index (χ2v) is 18.3. The number of imide groups is 1. The van der Waals surface area contributed by atoms with Gasteiger partial charge in [-0.15, -0.1) is 0 Å². The molecular formula is C45H47F3N8O5S. The van der Waals surface area contributed by atoms with Crippen LogP contribution in [-0.2, 0) is 19.8 Å². The summed E-state index contributed by atoms with van der Waals surface area (Å²) in [6.45, 7) is 6.34. The molecule has 4 saturated heterocycles. The van der Waals surface area contributed by atoms with Crippen molar-refractivity contribution >= 4 is 55.9 Å². The highest BCUT2D eigenvalue weighted by Gasteiger charge is 2.34. The van der Waals surface area contributed by atoms with Gasteiger partial charge in [-0.1, -0.05) is 24.3 Å². The van der Waals surface area contributed by atoms with E-state index in [2.05, 4.69) is 54.2 Å². The Labute approximate surface area is 357 Å². The Balaban J connectivity index is 0.790. The maximum atomic E-state index is 15.7. The van der Waals surface area contributed by atoms with E-state index in [-0.39, 0.29) is 42.8 Å². The lowest BCUT2D eigenvalue weighted by molar-refractivity contribution is -0.134. The standard InChI is InChI=1S/C45H47F3N8O5S/c46-32-15-18-56(27-32)62(60,61)52-39-11-10-38(47)41(42(39)48)43(58)37-25-50-44-36(37)23-31(24-49-44)29-1-5-33(6-2-29)54-16-13-28(14-17-54)26-53-19-21-55(22-20-53)34-7-3-30(4-8-34)35-9-12-40(57)51-45(35)59/h1-8,10-11,23-25,28,32,35,52H,9,12-22,26-27H2,(H,49,50)(H,51,57,59)/t32-,35?/m1/s1. The number of pyridine rings is 1. The molecule has 6 heterocycles. The van der Waals surface area contributed by atoms with Crippen LogP contribution in [0.2, 0.25) is 0 Å². The first-order valence-electron chi connectivity index (χ1n) is 21.1. The molecule has 9 rings (SSSR count). The van der Waals surface area contributed by atoms with Crippen molar-refractivity contribution in [2.45, 2.75) is 44.2 Å². The maximum absolute atomic E-state index is 15.7. The van der Waals surface area contributed by atoms with Gasteiger partial charge in [0.1, 0.15) is 17.6 Å². The summed E-state index contributed by atoms with van der Waals surface area (Å²) in [5.74, 6) is -3.61. The third kappa shape index (κ3) is 8.52. The third-order valence-corrected chi connectivity index (χ3v) is 14.2. The van der Waals surface area contributed by atoms with Crippen LogP contribution in [0.1, 0.15) is 59.5 Å². The Morgan fingerprint density at radius 3 is 2.19 bits per heavy atom. The Morgan fingerprint density at radius 2 is 1.52 bits per heavy atom. The van der Waals surface area contributed by atoms with Crippen molar-refractivity contribution < 1.29 is 36.0 Å². The van der Waals surface area contributed by atoms with Crippen LogP contribution in [0.3, 0.4) is 0 Å². The topological polar surface area (TPSA) is 151 Å². The molecule has 2 aromatic heterocycles. The van der Waals surface area contributed by atoms with Gasteiger partial charge >= 0.3 is 10.2 Å². The second-order valence-electron chi connectivity index (χ2n) is 16.6. The van der Waals surface area contributed by atoms with Gasteiger partial charge in [0.05, 0.1) is 17.2 Å². The van der Waals surface area contributed by atoms with E-state index in [1.165, 1.54) is 6.20 Å². The van der Waals surface area contributed by atoms with Crippen molar-refractivity contribution in [3.63, 3.8) is 0 Å². The average molecular weight is 869 g/mol. The number of hydrogen-bond acceptors (Lipinski definition) is 9. The fourth-order valence-corrected chi connectivity index (χ4v) is 10.4. The molecule has 324 valence electrons. The predicted molar refractivity (Wildman–Crippen MR) is 230 cm³/mol. The molecule has 0 radical (unpaired) electrons. The van der Waals surface area contributed by atoms with Gasteiger partial charge in [-0.3, -0.25) is 29.3 Å². The fraction of sp³-hybridized carbons (Fsp3) is 0.378. The molecule has 0 spiro atoms. The summed E-state index contributed by atoms with van der Waals surface area (Å²) in [6.07, 6.45) is 4.74. The molecule has 4 fully saturated rings. The smallest absolute Gasteiger partial charge is 0.301 e. The van der Waals surface area contributed by atoms with E-state index in [0.29, 0.717) is 35.4 Å². The number of fused-ring (bicyclic) bond motifs is 1. The van der Waals surface area contributed by atoms with Crippen LogP contribution in [0, 0.1) is 17.6 Å². The van der Waals surface area contributed by atoms with Crippen molar-refractivity contribution in [3.8, 4) is 11.1 Å². The van der Waals surface area contributed by atoms with Crippen LogP contribution in [0.25, 0.3) is 22.2 Å². The van der Waals surface area contributed by atoms with Crippen molar-refractivity contribution in [1.82, 2.24) is 24.5 Å². The minimum atomic E-state index is -4.35. The van der Waals surface area contributed by atoms with E-state index in [9.17, 15) is 27.2 Å². The van der Waals surface area contributed by atoms with Crippen LogP contribution in [-0.4, -0.2) is 110 Å². The number of aromatic nitrogens is 2. The lowest BCUT2D eigenvalue weighted by atomic mass is 9.90. The number of piperidine rings is 2. The number of H-pyrrole nitrogens is 1. The molecule has 62 heavy (non-hydrogen) atoms. The Hall–Kier alpha value is -5.78. The Kier molecular flexibility index (Phi) is 11.5. The van der Waals surface area contributed by atoms with Crippen LogP contribution < -0.4 is 19.8 Å². The molecule has 2 amide bonds. The van der Waals surface area contributed by atoms with E-state index in [1.54, 1.807) is 12.3 Å². The van der Waals surface area contributed by atoms with Gasteiger partial charge in [0.15, 0.2) is 5.82 Å². The SMILES string of the molecule is O=C1CCC(c2ccc(N3CCN(CC4CCN(c5ccc(-c6cnc7[nH]cc(C(=O)c8c(F)ccc(NS(=O)(=O)N9CC[C@@H](F)C9)c8F)c7c6)cc5)CC4)CC3)cc2)C(=O)N1. The summed E-state index contributed by atoms with van der Waals surface area (Å²) in [4.78, 5) is 52.3. The summed E-state index contributed by atoms with van der Waals surface area (Å²) < 4.78 is 73.0. The van der Waals surface area contributed by atoms with Gasteiger partial charge in [0.25, 0.3) is 0 Å². The van der Waals surface area contributed by atoms with E-state index >= 15 is 8.78 Å². The van der Waals surface area contributed by atoms with Crippen molar-refractivity contribution in [2.24, 2.45) is 5.92 Å². The van der Waals surface area contributed by atoms with Gasteiger partial charge < -0.3 is 14.8 Å². The first-order valence-corrected chi connectivity index (χ1v) is 22.5. The molecule has 1 unspecified atom stereocenters. The number of piperazine rings is 1. The first-order chi connectivity index (χ1) is 29.9. The van der Waals surface area contributed by atoms with Crippen LogP contribution in [0.15, 0.2) is 79.1 Å². The summed E-state index contributed by atoms with van der Waals surface area (Å²) in [6, 6.07) is 19.7. The monoisotopic (exact) mass is 868 g/mol. The number of amides is 2. The van der Waals surface area contributed by atoms with Crippen LogP contribution in [0.4, 0.5) is 30.2 Å². The zero-order valence-corrected chi connectivity index (χ0v) is 34.8. The number of nitrogens with zero attached hydrogens (tertiary/aromatic N) is 5. The number of aromatic amines is 1. The van der Waals surface area contributed by atoms with Crippen molar-refractivity contribution in [2.75, 3.05) is 73.4 Å². The molecule has 13 nitrogen and oxygen atoms in total. The van der Waals surface area contributed by atoms with Gasteiger partial charge in [-0.05, 0) is 85.2 Å². The molecule has 0 bridgehead atoms. The van der Waals surface area contributed by atoms with E-state index in [0.717, 1.165) is 97.6 Å². The van der Waals surface area contributed by atoms with Gasteiger partial charge in [0, 0.05) is 106 Å². The molecule has 4 aliphatic heterocycles. The highest BCUT2D eigenvalue weighted by molar-refractivity contribution is 7.90. The normalized spacial score (nSPS) is 20.8. The average Bonchev–Trinajstić information content (AvgIpc) is 3.92. The van der Waals surface area contributed by atoms with Gasteiger partial charge in [-0.25, -0.2) is 18.2 Å². The van der Waals surface area contributed by atoms with Crippen molar-refractivity contribution in [1.29, 1.82) is 0 Å². The lowest BCUT2D eigenvalue weighted by Crippen LogP contribution is -2.49. The molecule has 4 aliphatic rings. The lowest BCUT2D eigenvalue weighted by Gasteiger charge is -2.40. The summed E-state index contributed by atoms with van der Waals surface area (Å²) >= 11 is 0. The van der Waals surface area contributed by atoms with E-state index in [4.69, 9.17) is 0 Å². The molecule has 3 N–H and O–H groups in total. The quantitative estimate of drug-likeness (QED) is 0.107. The number of alkyl halides is 1. The minimum Gasteiger partial charge on any atom is -0.372 e. The van der Waals surface area contributed by atoms with E-state index < -0.39 is 45.0 Å². The molecular weight excluding hydrogens is 822 g/mol. The zero-order chi connectivity index (χ0) is 43.1. The van der Waals surface area contributed by atoms with Gasteiger partial charge in [-0.2, -0.15) is 12.7 Å². The molecule has 3 aromatic carbocycles. The number of carbonyl (C=O) groups is 3. The highest BCUT2D eigenvalue weighted by Crippen LogP contribution is 2.33. The Bertz CT molecular complexity index is 2610. The fourth-order valence-electron chi connectivity index (χ4n) is 9.15.